The van der Waals surface area contributed by atoms with E-state index in [9.17, 15) is 13.2 Å². The minimum absolute atomic E-state index is 0.0862. The predicted octanol–water partition coefficient (Wildman–Crippen LogP) is 4.82. The number of aromatic nitrogens is 4. The molecule has 0 aliphatic carbocycles. The molecule has 8 heteroatoms. The fourth-order valence-corrected chi connectivity index (χ4v) is 3.64. The zero-order valence-electron chi connectivity index (χ0n) is 16.3. The highest BCUT2D eigenvalue weighted by Crippen LogP contribution is 2.24. The van der Waals surface area contributed by atoms with Crippen LogP contribution in [0.5, 0.6) is 0 Å². The number of likely N-dealkylation sites (tertiary alicyclic amines) is 1. The molecule has 0 saturated carbocycles. The first-order valence-electron chi connectivity index (χ1n) is 9.86. The van der Waals surface area contributed by atoms with Crippen LogP contribution >= 0.6 is 0 Å². The van der Waals surface area contributed by atoms with Crippen LogP contribution in [0.15, 0.2) is 55.0 Å². The van der Waals surface area contributed by atoms with Gasteiger partial charge in [-0.3, -0.25) is 4.90 Å². The molecule has 3 aromatic rings. The Balaban J connectivity index is 1.39. The fourth-order valence-electron chi connectivity index (χ4n) is 3.64. The average Bonchev–Trinajstić information content (AvgIpc) is 3.21. The molecule has 1 N–H and O–H groups in total. The Labute approximate surface area is 172 Å². The number of H-pyrrole nitrogens is 1. The number of imidazole rings is 1. The van der Waals surface area contributed by atoms with E-state index in [2.05, 4.69) is 19.9 Å². The highest BCUT2D eigenvalue weighted by Gasteiger charge is 2.32. The van der Waals surface area contributed by atoms with Crippen LogP contribution in [0.4, 0.5) is 13.2 Å². The molecule has 0 bridgehead atoms. The van der Waals surface area contributed by atoms with Crippen LogP contribution in [0.3, 0.4) is 0 Å². The second kappa shape index (κ2) is 8.79. The summed E-state index contributed by atoms with van der Waals surface area (Å²) in [5, 5.41) is 0. The first kappa shape index (κ1) is 20.3. The quantitative estimate of drug-likeness (QED) is 0.652. The first-order valence-corrected chi connectivity index (χ1v) is 9.86. The van der Waals surface area contributed by atoms with Crippen LogP contribution < -0.4 is 0 Å². The molecule has 1 atom stereocenters. The molecule has 4 rings (SSSR count). The van der Waals surface area contributed by atoms with Crippen molar-refractivity contribution in [1.82, 2.24) is 24.8 Å². The molecule has 5 nitrogen and oxygen atoms in total. The van der Waals surface area contributed by atoms with E-state index in [-0.39, 0.29) is 5.92 Å². The molecule has 1 aromatic carbocycles. The van der Waals surface area contributed by atoms with E-state index in [0.29, 0.717) is 24.7 Å². The van der Waals surface area contributed by atoms with Crippen molar-refractivity contribution in [2.24, 2.45) is 5.92 Å². The van der Waals surface area contributed by atoms with Crippen molar-refractivity contribution in [2.75, 3.05) is 19.6 Å². The third-order valence-corrected chi connectivity index (χ3v) is 5.06. The van der Waals surface area contributed by atoms with Gasteiger partial charge in [-0.15, -0.1) is 0 Å². The number of benzene rings is 1. The second-order valence-corrected chi connectivity index (χ2v) is 7.46. The summed E-state index contributed by atoms with van der Waals surface area (Å²) in [7, 11) is 0. The zero-order valence-corrected chi connectivity index (χ0v) is 16.3. The van der Waals surface area contributed by atoms with Crippen molar-refractivity contribution >= 4 is 6.08 Å². The minimum Gasteiger partial charge on any atom is -0.338 e. The molecule has 30 heavy (non-hydrogen) atoms. The second-order valence-electron chi connectivity index (χ2n) is 7.46. The number of hydrogen-bond donors (Lipinski definition) is 1. The summed E-state index contributed by atoms with van der Waals surface area (Å²) >= 11 is 0. The van der Waals surface area contributed by atoms with Gasteiger partial charge in [-0.1, -0.05) is 36.4 Å². The Hall–Kier alpha value is -3.00. The molecule has 0 unspecified atom stereocenters. The van der Waals surface area contributed by atoms with Gasteiger partial charge in [0.1, 0.15) is 5.82 Å². The number of nitrogens with zero attached hydrogens (tertiary/aromatic N) is 4. The molecule has 0 amide bonds. The highest BCUT2D eigenvalue weighted by atomic mass is 19.4. The van der Waals surface area contributed by atoms with Gasteiger partial charge in [0.05, 0.1) is 18.4 Å². The first-order chi connectivity index (χ1) is 14.5. The summed E-state index contributed by atoms with van der Waals surface area (Å²) in [6.07, 6.45) is 6.47. The summed E-state index contributed by atoms with van der Waals surface area (Å²) in [5.74, 6) is 1.40. The predicted molar refractivity (Wildman–Crippen MR) is 109 cm³/mol. The fraction of sp³-hybridized carbons (Fsp3) is 0.318. The third-order valence-electron chi connectivity index (χ3n) is 5.06. The third kappa shape index (κ3) is 5.33. The molecule has 1 aliphatic heterocycles. The lowest BCUT2D eigenvalue weighted by Crippen LogP contribution is -2.40. The van der Waals surface area contributed by atoms with Crippen LogP contribution in [-0.4, -0.2) is 50.6 Å². The zero-order chi connectivity index (χ0) is 21.0. The Morgan fingerprint density at radius 1 is 1.03 bits per heavy atom. The smallest absolute Gasteiger partial charge is 0.338 e. The van der Waals surface area contributed by atoms with Gasteiger partial charge >= 0.3 is 6.18 Å². The average molecular weight is 413 g/mol. The molecule has 1 saturated heterocycles. The number of halogens is 3. The standard InChI is InChI=1S/C22H22F3N5/c23-22(24,25)15-30-10-4-5-16(14-30)8-9-20-26-13-19(29-20)18-11-27-21(28-12-18)17-6-2-1-3-7-17/h1-3,6-9,11-13,16H,4-5,10,14-15H2,(H,26,29)/b9-8+/t16-/m1/s1. The molecule has 0 spiro atoms. The van der Waals surface area contributed by atoms with Crippen LogP contribution in [0, 0.1) is 5.92 Å². The van der Waals surface area contributed by atoms with Crippen molar-refractivity contribution in [3.8, 4) is 22.6 Å². The number of nitrogens with one attached hydrogen (secondary N) is 1. The van der Waals surface area contributed by atoms with Crippen molar-refractivity contribution < 1.29 is 13.2 Å². The number of hydrogen-bond acceptors (Lipinski definition) is 4. The van der Waals surface area contributed by atoms with Gasteiger partial charge in [0, 0.05) is 30.1 Å². The van der Waals surface area contributed by atoms with Gasteiger partial charge in [-0.05, 0) is 31.4 Å². The van der Waals surface area contributed by atoms with Crippen LogP contribution in [0.2, 0.25) is 0 Å². The van der Waals surface area contributed by atoms with Gasteiger partial charge in [0.25, 0.3) is 0 Å². The highest BCUT2D eigenvalue weighted by molar-refractivity contribution is 5.61. The van der Waals surface area contributed by atoms with Gasteiger partial charge in [0.15, 0.2) is 5.82 Å². The maximum atomic E-state index is 12.6. The summed E-state index contributed by atoms with van der Waals surface area (Å²) in [5.41, 5.74) is 2.55. The SMILES string of the molecule is FC(F)(F)CN1CCC[C@H](/C=C/c2ncc(-c3cnc(-c4ccccc4)nc3)[nH]2)C1. The monoisotopic (exact) mass is 413 g/mol. The van der Waals surface area contributed by atoms with Gasteiger partial charge in [0.2, 0.25) is 0 Å². The summed E-state index contributed by atoms with van der Waals surface area (Å²) in [6, 6.07) is 9.73. The Bertz CT molecular complexity index is 980. The topological polar surface area (TPSA) is 57.7 Å². The number of piperidine rings is 1. The summed E-state index contributed by atoms with van der Waals surface area (Å²) < 4.78 is 37.9. The molecule has 1 aliphatic rings. The van der Waals surface area contributed by atoms with Gasteiger partial charge in [-0.25, -0.2) is 15.0 Å². The summed E-state index contributed by atoms with van der Waals surface area (Å²) in [6.45, 7) is 0.0628. The Morgan fingerprint density at radius 3 is 2.53 bits per heavy atom. The van der Waals surface area contributed by atoms with E-state index in [1.165, 1.54) is 4.90 Å². The Kier molecular flexibility index (Phi) is 5.94. The van der Waals surface area contributed by atoms with E-state index < -0.39 is 12.7 Å². The van der Waals surface area contributed by atoms with E-state index in [1.54, 1.807) is 18.6 Å². The molecular weight excluding hydrogens is 391 g/mol. The van der Waals surface area contributed by atoms with Crippen molar-refractivity contribution in [3.63, 3.8) is 0 Å². The van der Waals surface area contributed by atoms with Crippen molar-refractivity contribution in [2.45, 2.75) is 19.0 Å². The van der Waals surface area contributed by atoms with E-state index in [1.807, 2.05) is 42.5 Å². The largest absolute Gasteiger partial charge is 0.401 e. The number of aromatic amines is 1. The molecule has 3 heterocycles. The van der Waals surface area contributed by atoms with Crippen LogP contribution in [-0.2, 0) is 0 Å². The Morgan fingerprint density at radius 2 is 1.80 bits per heavy atom. The molecule has 156 valence electrons. The summed E-state index contributed by atoms with van der Waals surface area (Å²) in [4.78, 5) is 17.9. The molecular formula is C22H22F3N5. The minimum atomic E-state index is -4.15. The van der Waals surface area contributed by atoms with Gasteiger partial charge < -0.3 is 4.98 Å². The molecule has 0 radical (unpaired) electrons. The van der Waals surface area contributed by atoms with E-state index >= 15 is 0 Å². The lowest BCUT2D eigenvalue weighted by molar-refractivity contribution is -0.148. The van der Waals surface area contributed by atoms with Gasteiger partial charge in [-0.2, -0.15) is 13.2 Å². The van der Waals surface area contributed by atoms with E-state index in [4.69, 9.17) is 0 Å². The maximum absolute atomic E-state index is 12.6. The van der Waals surface area contributed by atoms with Crippen molar-refractivity contribution in [1.29, 1.82) is 0 Å². The van der Waals surface area contributed by atoms with Crippen LogP contribution in [0.1, 0.15) is 18.7 Å². The number of rotatable bonds is 5. The van der Waals surface area contributed by atoms with Crippen molar-refractivity contribution in [3.05, 3.63) is 60.8 Å². The number of alkyl halides is 3. The lowest BCUT2D eigenvalue weighted by atomic mass is 9.97. The molecule has 1 fully saturated rings. The maximum Gasteiger partial charge on any atom is 0.401 e. The lowest BCUT2D eigenvalue weighted by Gasteiger charge is -2.31. The normalized spacial score (nSPS) is 18.2. The van der Waals surface area contributed by atoms with E-state index in [0.717, 1.165) is 29.7 Å². The molecule has 2 aromatic heterocycles. The van der Waals surface area contributed by atoms with Crippen LogP contribution in [0.25, 0.3) is 28.7 Å².